The van der Waals surface area contributed by atoms with Gasteiger partial charge in [-0.25, -0.2) is 4.79 Å². The first-order valence-corrected chi connectivity index (χ1v) is 10.7. The average molecular weight is 407 g/mol. The van der Waals surface area contributed by atoms with Crippen molar-refractivity contribution >= 4 is 5.97 Å². The van der Waals surface area contributed by atoms with Gasteiger partial charge in [0, 0.05) is 0 Å². The van der Waals surface area contributed by atoms with Crippen molar-refractivity contribution in [1.29, 1.82) is 0 Å². The standard InChI is InChI=1S/C29H26O2/c1-2-31-29(30)28-26(21-23-14-8-4-9-15-23)19-18-25(20-22-12-6-3-7-13-22)27(28)24-16-10-5-11-17-24/h3-19H,2,20-21H2,1H3. The van der Waals surface area contributed by atoms with Crippen molar-refractivity contribution in [3.05, 3.63) is 131 Å². The molecule has 0 aliphatic heterocycles. The minimum atomic E-state index is -0.262. The topological polar surface area (TPSA) is 26.3 Å². The normalized spacial score (nSPS) is 10.6. The van der Waals surface area contributed by atoms with Crippen molar-refractivity contribution in [2.75, 3.05) is 6.61 Å². The van der Waals surface area contributed by atoms with Crippen LogP contribution < -0.4 is 0 Å². The van der Waals surface area contributed by atoms with Crippen LogP contribution in [0.5, 0.6) is 0 Å². The summed E-state index contributed by atoms with van der Waals surface area (Å²) in [6, 6.07) is 35.0. The summed E-state index contributed by atoms with van der Waals surface area (Å²) >= 11 is 0. The molecule has 0 spiro atoms. The summed E-state index contributed by atoms with van der Waals surface area (Å²) in [5, 5.41) is 0. The van der Waals surface area contributed by atoms with Crippen molar-refractivity contribution in [1.82, 2.24) is 0 Å². The fourth-order valence-corrected chi connectivity index (χ4v) is 3.99. The molecule has 0 fully saturated rings. The van der Waals surface area contributed by atoms with Gasteiger partial charge in [-0.3, -0.25) is 0 Å². The molecule has 0 aromatic heterocycles. The first kappa shape index (κ1) is 20.6. The lowest BCUT2D eigenvalue weighted by molar-refractivity contribution is 0.0526. The predicted octanol–water partition coefficient (Wildman–Crippen LogP) is 6.71. The Morgan fingerprint density at radius 1 is 0.645 bits per heavy atom. The zero-order chi connectivity index (χ0) is 21.5. The van der Waals surface area contributed by atoms with Crippen LogP contribution in [-0.4, -0.2) is 12.6 Å². The minimum Gasteiger partial charge on any atom is -0.462 e. The lowest BCUT2D eigenvalue weighted by Gasteiger charge is -2.19. The molecule has 0 heterocycles. The van der Waals surface area contributed by atoms with Gasteiger partial charge in [0.05, 0.1) is 12.2 Å². The Bertz CT molecular complexity index is 1130. The molecule has 0 saturated heterocycles. The first-order chi connectivity index (χ1) is 15.3. The third-order valence-corrected chi connectivity index (χ3v) is 5.39. The van der Waals surface area contributed by atoms with Crippen molar-refractivity contribution in [2.45, 2.75) is 19.8 Å². The average Bonchev–Trinajstić information content (AvgIpc) is 2.82. The molecular weight excluding hydrogens is 380 g/mol. The van der Waals surface area contributed by atoms with Gasteiger partial charge in [0.1, 0.15) is 0 Å². The van der Waals surface area contributed by atoms with E-state index in [1.807, 2.05) is 61.5 Å². The Labute approximate surface area is 184 Å². The van der Waals surface area contributed by atoms with Gasteiger partial charge in [-0.1, -0.05) is 103 Å². The maximum Gasteiger partial charge on any atom is 0.339 e. The number of rotatable bonds is 7. The van der Waals surface area contributed by atoms with Crippen molar-refractivity contribution in [3.63, 3.8) is 0 Å². The van der Waals surface area contributed by atoms with Crippen LogP contribution in [0.2, 0.25) is 0 Å². The lowest BCUT2D eigenvalue weighted by Crippen LogP contribution is -2.12. The van der Waals surface area contributed by atoms with Gasteiger partial charge in [0.15, 0.2) is 0 Å². The maximum absolute atomic E-state index is 13.2. The third kappa shape index (κ3) is 4.92. The summed E-state index contributed by atoms with van der Waals surface area (Å²) < 4.78 is 5.53. The number of esters is 1. The van der Waals surface area contributed by atoms with Crippen LogP contribution in [0.4, 0.5) is 0 Å². The molecule has 2 nitrogen and oxygen atoms in total. The zero-order valence-corrected chi connectivity index (χ0v) is 17.8. The summed E-state index contributed by atoms with van der Waals surface area (Å²) in [7, 11) is 0. The molecule has 154 valence electrons. The van der Waals surface area contributed by atoms with Crippen LogP contribution in [0.25, 0.3) is 11.1 Å². The Balaban J connectivity index is 1.90. The van der Waals surface area contributed by atoms with Crippen molar-refractivity contribution in [2.24, 2.45) is 0 Å². The molecule has 0 bridgehead atoms. The molecule has 0 saturated carbocycles. The molecule has 0 unspecified atom stereocenters. The molecule has 31 heavy (non-hydrogen) atoms. The van der Waals surface area contributed by atoms with Crippen LogP contribution in [0.1, 0.15) is 39.5 Å². The molecule has 0 radical (unpaired) electrons. The van der Waals surface area contributed by atoms with E-state index in [1.165, 1.54) is 11.1 Å². The number of hydrogen-bond donors (Lipinski definition) is 0. The summed E-state index contributed by atoms with van der Waals surface area (Å²) in [6.45, 7) is 2.20. The van der Waals surface area contributed by atoms with Crippen LogP contribution >= 0.6 is 0 Å². The number of carbonyl (C=O) groups excluding carboxylic acids is 1. The number of carbonyl (C=O) groups is 1. The molecule has 4 aromatic rings. The van der Waals surface area contributed by atoms with Crippen LogP contribution in [0, 0.1) is 0 Å². The summed E-state index contributed by atoms with van der Waals surface area (Å²) in [6.07, 6.45) is 1.43. The number of benzene rings is 4. The van der Waals surface area contributed by atoms with E-state index in [-0.39, 0.29) is 5.97 Å². The summed E-state index contributed by atoms with van der Waals surface area (Å²) in [5.74, 6) is -0.262. The van der Waals surface area contributed by atoms with E-state index < -0.39 is 0 Å². The largest absolute Gasteiger partial charge is 0.462 e. The summed E-state index contributed by atoms with van der Waals surface area (Å²) in [5.41, 5.74) is 7.17. The van der Waals surface area contributed by atoms with Gasteiger partial charge in [0.25, 0.3) is 0 Å². The van der Waals surface area contributed by atoms with Gasteiger partial charge in [-0.05, 0) is 53.1 Å². The molecule has 4 rings (SSSR count). The second-order valence-electron chi connectivity index (χ2n) is 7.55. The molecule has 0 aliphatic rings. The lowest BCUT2D eigenvalue weighted by atomic mass is 9.86. The highest BCUT2D eigenvalue weighted by Crippen LogP contribution is 2.33. The van der Waals surface area contributed by atoms with E-state index in [2.05, 4.69) is 48.5 Å². The monoisotopic (exact) mass is 406 g/mol. The summed E-state index contributed by atoms with van der Waals surface area (Å²) in [4.78, 5) is 13.2. The molecule has 2 heteroatoms. The zero-order valence-electron chi connectivity index (χ0n) is 17.8. The van der Waals surface area contributed by atoms with E-state index in [9.17, 15) is 4.79 Å². The smallest absolute Gasteiger partial charge is 0.339 e. The van der Waals surface area contributed by atoms with Gasteiger partial charge < -0.3 is 4.74 Å². The fraction of sp³-hybridized carbons (Fsp3) is 0.138. The second-order valence-corrected chi connectivity index (χ2v) is 7.55. The highest BCUT2D eigenvalue weighted by atomic mass is 16.5. The van der Waals surface area contributed by atoms with Crippen LogP contribution in [-0.2, 0) is 17.6 Å². The molecule has 0 N–H and O–H groups in total. The molecule has 0 aliphatic carbocycles. The molecular formula is C29H26O2. The van der Waals surface area contributed by atoms with Crippen molar-refractivity contribution in [3.8, 4) is 11.1 Å². The van der Waals surface area contributed by atoms with E-state index in [1.54, 1.807) is 0 Å². The highest BCUT2D eigenvalue weighted by Gasteiger charge is 2.22. The minimum absolute atomic E-state index is 0.262. The highest BCUT2D eigenvalue weighted by molar-refractivity contribution is 6.00. The van der Waals surface area contributed by atoms with E-state index >= 15 is 0 Å². The second kappa shape index (κ2) is 9.90. The van der Waals surface area contributed by atoms with Crippen LogP contribution in [0.15, 0.2) is 103 Å². The Morgan fingerprint density at radius 3 is 1.68 bits per heavy atom. The van der Waals surface area contributed by atoms with Gasteiger partial charge in [0.2, 0.25) is 0 Å². The number of hydrogen-bond acceptors (Lipinski definition) is 2. The Kier molecular flexibility index (Phi) is 6.59. The molecule has 0 amide bonds. The van der Waals surface area contributed by atoms with E-state index in [0.29, 0.717) is 18.6 Å². The predicted molar refractivity (Wildman–Crippen MR) is 126 cm³/mol. The first-order valence-electron chi connectivity index (χ1n) is 10.7. The van der Waals surface area contributed by atoms with E-state index in [4.69, 9.17) is 4.74 Å². The quantitative estimate of drug-likeness (QED) is 0.319. The van der Waals surface area contributed by atoms with Crippen molar-refractivity contribution < 1.29 is 9.53 Å². The van der Waals surface area contributed by atoms with Gasteiger partial charge >= 0.3 is 5.97 Å². The maximum atomic E-state index is 13.2. The van der Waals surface area contributed by atoms with Gasteiger partial charge in [-0.2, -0.15) is 0 Å². The SMILES string of the molecule is CCOC(=O)c1c(Cc2ccccc2)ccc(Cc2ccccc2)c1-c1ccccc1. The Morgan fingerprint density at radius 2 is 1.13 bits per heavy atom. The molecule has 0 atom stereocenters. The third-order valence-electron chi connectivity index (χ3n) is 5.39. The molecule has 4 aromatic carbocycles. The number of ether oxygens (including phenoxy) is 1. The van der Waals surface area contributed by atoms with Crippen LogP contribution in [0.3, 0.4) is 0 Å². The Hall–Kier alpha value is -3.65. The van der Waals surface area contributed by atoms with E-state index in [0.717, 1.165) is 28.7 Å². The van der Waals surface area contributed by atoms with Gasteiger partial charge in [-0.15, -0.1) is 0 Å². The fourth-order valence-electron chi connectivity index (χ4n) is 3.99.